The molecule has 0 aromatic carbocycles. The van der Waals surface area contributed by atoms with Crippen molar-refractivity contribution in [1.29, 1.82) is 0 Å². The van der Waals surface area contributed by atoms with E-state index < -0.39 is 11.6 Å². The number of carbonyl (C=O) groups excluding carboxylic acids is 2. The van der Waals surface area contributed by atoms with Crippen LogP contribution < -0.4 is 10.2 Å². The summed E-state index contributed by atoms with van der Waals surface area (Å²) in [7, 11) is 0. The summed E-state index contributed by atoms with van der Waals surface area (Å²) in [6, 6.07) is 3.44. The maximum Gasteiger partial charge on any atom is 0.251 e. The van der Waals surface area contributed by atoms with Crippen LogP contribution in [0.3, 0.4) is 0 Å². The molecule has 1 saturated heterocycles. The first-order valence-corrected chi connectivity index (χ1v) is 6.08. The molecule has 2 N–H and O–H groups in total. The van der Waals surface area contributed by atoms with Gasteiger partial charge in [0.25, 0.3) is 5.91 Å². The van der Waals surface area contributed by atoms with Crippen molar-refractivity contribution in [3.05, 3.63) is 24.0 Å². The molecule has 0 aliphatic carbocycles. The Morgan fingerprint density at radius 1 is 1.42 bits per heavy atom. The molecule has 0 saturated carbocycles. The third kappa shape index (κ3) is 2.44. The Balaban J connectivity index is 2.33. The van der Waals surface area contributed by atoms with E-state index in [1.807, 2.05) is 0 Å². The van der Waals surface area contributed by atoms with Gasteiger partial charge in [-0.2, -0.15) is 0 Å². The standard InChI is InChI=1S/C13H17N3O3/c1-8(17)10-5-4-9(6-14-10)16-7-11(18)15-12(19)13(16,2)3/h4-6,8,17H,7H2,1-3H3,(H,15,18,19)/t8-/m1/s1. The summed E-state index contributed by atoms with van der Waals surface area (Å²) in [5.74, 6) is -0.660. The maximum atomic E-state index is 11.9. The Morgan fingerprint density at radius 2 is 2.11 bits per heavy atom. The number of aromatic nitrogens is 1. The number of aliphatic hydroxyl groups is 1. The van der Waals surface area contributed by atoms with E-state index in [4.69, 9.17) is 0 Å². The molecule has 1 aromatic rings. The number of amides is 2. The van der Waals surface area contributed by atoms with Gasteiger partial charge in [-0.15, -0.1) is 0 Å². The number of nitrogens with one attached hydrogen (secondary N) is 1. The van der Waals surface area contributed by atoms with Crippen LogP contribution in [0, 0.1) is 0 Å². The lowest BCUT2D eigenvalue weighted by Crippen LogP contribution is -2.64. The maximum absolute atomic E-state index is 11.9. The molecule has 6 nitrogen and oxygen atoms in total. The second kappa shape index (κ2) is 4.62. The number of hydrogen-bond donors (Lipinski definition) is 2. The van der Waals surface area contributed by atoms with Crippen LogP contribution in [0.1, 0.15) is 32.6 Å². The largest absolute Gasteiger partial charge is 0.387 e. The van der Waals surface area contributed by atoms with E-state index in [-0.39, 0.29) is 18.4 Å². The Labute approximate surface area is 111 Å². The SMILES string of the molecule is C[C@@H](O)c1ccc(N2CC(=O)NC(=O)C2(C)C)cn1. The first-order chi connectivity index (χ1) is 8.82. The van der Waals surface area contributed by atoms with Gasteiger partial charge in [0.05, 0.1) is 30.2 Å². The highest BCUT2D eigenvalue weighted by Gasteiger charge is 2.41. The monoisotopic (exact) mass is 263 g/mol. The van der Waals surface area contributed by atoms with Gasteiger partial charge in [0.1, 0.15) is 5.54 Å². The minimum Gasteiger partial charge on any atom is -0.387 e. The van der Waals surface area contributed by atoms with Gasteiger partial charge in [0.15, 0.2) is 0 Å². The van der Waals surface area contributed by atoms with Crippen molar-refractivity contribution in [2.24, 2.45) is 0 Å². The van der Waals surface area contributed by atoms with Crippen molar-refractivity contribution in [1.82, 2.24) is 10.3 Å². The first kappa shape index (κ1) is 13.5. The van der Waals surface area contributed by atoms with Gasteiger partial charge < -0.3 is 10.0 Å². The van der Waals surface area contributed by atoms with Gasteiger partial charge in [-0.25, -0.2) is 0 Å². The molecule has 1 aliphatic rings. The topological polar surface area (TPSA) is 82.5 Å². The Hall–Kier alpha value is -1.95. The molecule has 1 atom stereocenters. The smallest absolute Gasteiger partial charge is 0.251 e. The molecule has 1 aliphatic heterocycles. The number of pyridine rings is 1. The molecule has 2 amide bonds. The summed E-state index contributed by atoms with van der Waals surface area (Å²) < 4.78 is 0. The molecule has 0 radical (unpaired) electrons. The number of anilines is 1. The average molecular weight is 263 g/mol. The number of carbonyl (C=O) groups is 2. The molecule has 0 spiro atoms. The Bertz CT molecular complexity index is 508. The van der Waals surface area contributed by atoms with Crippen molar-refractivity contribution >= 4 is 17.5 Å². The van der Waals surface area contributed by atoms with E-state index in [2.05, 4.69) is 10.3 Å². The van der Waals surface area contributed by atoms with Crippen LogP contribution in [0.5, 0.6) is 0 Å². The summed E-state index contributed by atoms with van der Waals surface area (Å²) in [5.41, 5.74) is 0.411. The zero-order valence-corrected chi connectivity index (χ0v) is 11.2. The lowest BCUT2D eigenvalue weighted by Gasteiger charge is -2.41. The highest BCUT2D eigenvalue weighted by molar-refractivity contribution is 6.06. The van der Waals surface area contributed by atoms with Gasteiger partial charge in [0, 0.05) is 0 Å². The molecule has 19 heavy (non-hydrogen) atoms. The molecule has 1 aromatic heterocycles. The molecule has 6 heteroatoms. The first-order valence-electron chi connectivity index (χ1n) is 6.08. The van der Waals surface area contributed by atoms with Crippen LogP contribution in [0.2, 0.25) is 0 Å². The van der Waals surface area contributed by atoms with E-state index in [1.165, 1.54) is 0 Å². The summed E-state index contributed by atoms with van der Waals surface area (Å²) in [4.78, 5) is 29.2. The van der Waals surface area contributed by atoms with Crippen LogP contribution in [-0.2, 0) is 9.59 Å². The molecule has 2 heterocycles. The van der Waals surface area contributed by atoms with Crippen molar-refractivity contribution in [2.75, 3.05) is 11.4 Å². The van der Waals surface area contributed by atoms with Crippen molar-refractivity contribution < 1.29 is 14.7 Å². The number of imide groups is 1. The van der Waals surface area contributed by atoms with Gasteiger partial charge in [-0.05, 0) is 32.9 Å². The average Bonchev–Trinajstić information content (AvgIpc) is 2.34. The zero-order valence-electron chi connectivity index (χ0n) is 11.2. The second-order valence-electron chi connectivity index (χ2n) is 5.14. The summed E-state index contributed by atoms with van der Waals surface area (Å²) in [6.45, 7) is 5.23. The van der Waals surface area contributed by atoms with Crippen LogP contribution in [0.25, 0.3) is 0 Å². The molecule has 2 rings (SSSR count). The number of aliphatic hydroxyl groups excluding tert-OH is 1. The van der Waals surface area contributed by atoms with Crippen molar-refractivity contribution in [3.63, 3.8) is 0 Å². The minimum atomic E-state index is -0.818. The normalized spacial score (nSPS) is 20.1. The third-order valence-electron chi connectivity index (χ3n) is 3.30. The molecular formula is C13H17N3O3. The summed E-state index contributed by atoms with van der Waals surface area (Å²) >= 11 is 0. The van der Waals surface area contributed by atoms with E-state index in [9.17, 15) is 14.7 Å². The van der Waals surface area contributed by atoms with Crippen LogP contribution in [-0.4, -0.2) is 34.0 Å². The number of hydrogen-bond acceptors (Lipinski definition) is 5. The third-order valence-corrected chi connectivity index (χ3v) is 3.30. The highest BCUT2D eigenvalue weighted by Crippen LogP contribution is 2.26. The summed E-state index contributed by atoms with van der Waals surface area (Å²) in [5, 5.41) is 11.7. The highest BCUT2D eigenvalue weighted by atomic mass is 16.3. The number of piperazine rings is 1. The molecule has 102 valence electrons. The lowest BCUT2D eigenvalue weighted by atomic mass is 9.98. The van der Waals surface area contributed by atoms with Crippen LogP contribution in [0.15, 0.2) is 18.3 Å². The summed E-state index contributed by atoms with van der Waals surface area (Å²) in [6.07, 6.45) is 0.920. The van der Waals surface area contributed by atoms with E-state index in [0.29, 0.717) is 11.4 Å². The van der Waals surface area contributed by atoms with Crippen molar-refractivity contribution in [3.8, 4) is 0 Å². The Morgan fingerprint density at radius 3 is 2.63 bits per heavy atom. The van der Waals surface area contributed by atoms with E-state index in [0.717, 1.165) is 0 Å². The number of rotatable bonds is 2. The van der Waals surface area contributed by atoms with Crippen LogP contribution >= 0.6 is 0 Å². The van der Waals surface area contributed by atoms with Gasteiger partial charge in [0.2, 0.25) is 5.91 Å². The molecule has 1 fully saturated rings. The van der Waals surface area contributed by atoms with Gasteiger partial charge in [-0.1, -0.05) is 0 Å². The molecule has 0 unspecified atom stereocenters. The van der Waals surface area contributed by atoms with Crippen molar-refractivity contribution in [2.45, 2.75) is 32.4 Å². The quantitative estimate of drug-likeness (QED) is 0.754. The minimum absolute atomic E-state index is 0.106. The lowest BCUT2D eigenvalue weighted by molar-refractivity contribution is -0.135. The van der Waals surface area contributed by atoms with Gasteiger partial charge in [-0.3, -0.25) is 19.9 Å². The van der Waals surface area contributed by atoms with E-state index in [1.54, 1.807) is 44.0 Å². The second-order valence-corrected chi connectivity index (χ2v) is 5.14. The fourth-order valence-electron chi connectivity index (χ4n) is 2.00. The van der Waals surface area contributed by atoms with Gasteiger partial charge >= 0.3 is 0 Å². The van der Waals surface area contributed by atoms with Crippen LogP contribution in [0.4, 0.5) is 5.69 Å². The van der Waals surface area contributed by atoms with E-state index >= 15 is 0 Å². The zero-order chi connectivity index (χ0) is 14.2. The predicted octanol–water partition coefficient (Wildman–Crippen LogP) is 0.376. The predicted molar refractivity (Wildman–Crippen MR) is 69.4 cm³/mol. The fraction of sp³-hybridized carbons (Fsp3) is 0.462. The Kier molecular flexibility index (Phi) is 3.28. The molecule has 0 bridgehead atoms. The fourth-order valence-corrected chi connectivity index (χ4v) is 2.00. The number of nitrogens with zero attached hydrogens (tertiary/aromatic N) is 2. The molecular weight excluding hydrogens is 246 g/mol.